The minimum absolute atomic E-state index is 0.172. The predicted molar refractivity (Wildman–Crippen MR) is 84.0 cm³/mol. The summed E-state index contributed by atoms with van der Waals surface area (Å²) >= 11 is 1.26. The lowest BCUT2D eigenvalue weighted by Gasteiger charge is -2.21. The van der Waals surface area contributed by atoms with Crippen LogP contribution in [0.2, 0.25) is 0 Å². The molecule has 0 aromatic carbocycles. The number of nitrogens with two attached hydrogens (primary N) is 1. The number of amides is 1. The van der Waals surface area contributed by atoms with Crippen molar-refractivity contribution in [1.82, 2.24) is 4.90 Å². The van der Waals surface area contributed by atoms with Gasteiger partial charge in [0, 0.05) is 20.1 Å². The highest BCUT2D eigenvalue weighted by molar-refractivity contribution is 7.18. The number of nitrogens with one attached hydrogen (secondary N) is 1. The van der Waals surface area contributed by atoms with Crippen LogP contribution >= 0.6 is 11.3 Å². The Morgan fingerprint density at radius 3 is 2.50 bits per heavy atom. The van der Waals surface area contributed by atoms with Gasteiger partial charge in [-0.05, 0) is 12.3 Å². The second kappa shape index (κ2) is 6.62. The van der Waals surface area contributed by atoms with Crippen LogP contribution in [0.25, 0.3) is 0 Å². The summed E-state index contributed by atoms with van der Waals surface area (Å²) in [7, 11) is 3.34. The summed E-state index contributed by atoms with van der Waals surface area (Å²) < 4.78 is 0. The van der Waals surface area contributed by atoms with Gasteiger partial charge in [0.25, 0.3) is 5.91 Å². The van der Waals surface area contributed by atoms with Gasteiger partial charge >= 0.3 is 0 Å². The molecular formula is C14H22N4OS. The highest BCUT2D eigenvalue weighted by Crippen LogP contribution is 2.36. The molecule has 1 amide bonds. The summed E-state index contributed by atoms with van der Waals surface area (Å²) in [6.45, 7) is 6.33. The van der Waals surface area contributed by atoms with Gasteiger partial charge in [0.2, 0.25) is 0 Å². The number of nitrogens with zero attached hydrogens (tertiary/aromatic N) is 2. The molecule has 0 saturated heterocycles. The molecule has 1 unspecified atom stereocenters. The first-order valence-corrected chi connectivity index (χ1v) is 7.45. The predicted octanol–water partition coefficient (Wildman–Crippen LogP) is 2.75. The summed E-state index contributed by atoms with van der Waals surface area (Å²) in [5.74, 6) is 0.262. The average Bonchev–Trinajstić information content (AvgIpc) is 2.70. The zero-order valence-corrected chi connectivity index (χ0v) is 13.5. The van der Waals surface area contributed by atoms with Gasteiger partial charge < -0.3 is 16.0 Å². The second-order valence-corrected chi connectivity index (χ2v) is 6.28. The van der Waals surface area contributed by atoms with Crippen LogP contribution in [0, 0.1) is 17.2 Å². The number of carbonyl (C=O) groups is 1. The Bertz CT molecular complexity index is 528. The molecule has 1 rings (SSSR count). The molecule has 3 N–H and O–H groups in total. The minimum Gasteiger partial charge on any atom is -0.396 e. The van der Waals surface area contributed by atoms with Crippen molar-refractivity contribution in [2.24, 2.45) is 5.92 Å². The van der Waals surface area contributed by atoms with Crippen molar-refractivity contribution in [2.75, 3.05) is 25.1 Å². The maximum Gasteiger partial charge on any atom is 0.265 e. The monoisotopic (exact) mass is 294 g/mol. The second-order valence-electron chi connectivity index (χ2n) is 5.26. The third-order valence-corrected chi connectivity index (χ3v) is 4.34. The highest BCUT2D eigenvalue weighted by Gasteiger charge is 2.24. The van der Waals surface area contributed by atoms with Crippen molar-refractivity contribution in [3.8, 4) is 6.07 Å². The van der Waals surface area contributed by atoms with E-state index in [4.69, 9.17) is 5.73 Å². The Morgan fingerprint density at radius 2 is 2.10 bits per heavy atom. The van der Waals surface area contributed by atoms with E-state index in [2.05, 4.69) is 32.2 Å². The van der Waals surface area contributed by atoms with Gasteiger partial charge in [0.05, 0.1) is 5.69 Å². The zero-order chi connectivity index (χ0) is 15.4. The van der Waals surface area contributed by atoms with Crippen LogP contribution < -0.4 is 11.1 Å². The quantitative estimate of drug-likeness (QED) is 0.874. The number of nitriles is 1. The van der Waals surface area contributed by atoms with Crippen LogP contribution in [0.1, 0.15) is 42.4 Å². The molecule has 0 bridgehead atoms. The van der Waals surface area contributed by atoms with E-state index >= 15 is 0 Å². The SMILES string of the molecule is CCC(Nc1sc(C(=O)N(C)C)c(N)c1C#N)C(C)C. The van der Waals surface area contributed by atoms with Crippen molar-refractivity contribution in [1.29, 1.82) is 5.26 Å². The van der Waals surface area contributed by atoms with Gasteiger partial charge in [0.15, 0.2) is 0 Å². The van der Waals surface area contributed by atoms with Gasteiger partial charge in [-0.1, -0.05) is 20.8 Å². The molecular weight excluding hydrogens is 272 g/mol. The van der Waals surface area contributed by atoms with E-state index in [0.717, 1.165) is 6.42 Å². The Morgan fingerprint density at radius 1 is 1.50 bits per heavy atom. The van der Waals surface area contributed by atoms with E-state index in [-0.39, 0.29) is 17.6 Å². The smallest absolute Gasteiger partial charge is 0.265 e. The standard InChI is InChI=1S/C14H22N4OS/c1-6-10(8(2)3)17-13-9(7-15)11(16)12(20-13)14(19)18(4)5/h8,10,17H,6,16H2,1-5H3. The molecule has 0 aliphatic heterocycles. The molecule has 0 saturated carbocycles. The molecule has 0 aliphatic rings. The Balaban J connectivity index is 3.19. The zero-order valence-electron chi connectivity index (χ0n) is 12.7. The maximum atomic E-state index is 12.1. The van der Waals surface area contributed by atoms with E-state index in [1.807, 2.05) is 0 Å². The molecule has 6 heteroatoms. The highest BCUT2D eigenvalue weighted by atomic mass is 32.1. The molecule has 0 aliphatic carbocycles. The lowest BCUT2D eigenvalue weighted by Crippen LogP contribution is -2.24. The summed E-state index contributed by atoms with van der Waals surface area (Å²) in [6, 6.07) is 2.35. The fourth-order valence-electron chi connectivity index (χ4n) is 1.93. The van der Waals surface area contributed by atoms with Crippen molar-refractivity contribution in [3.05, 3.63) is 10.4 Å². The van der Waals surface area contributed by atoms with Crippen molar-refractivity contribution in [2.45, 2.75) is 33.2 Å². The molecule has 110 valence electrons. The van der Waals surface area contributed by atoms with E-state index in [1.54, 1.807) is 14.1 Å². The van der Waals surface area contributed by atoms with Crippen LogP contribution in [0.5, 0.6) is 0 Å². The normalized spacial score (nSPS) is 12.1. The molecule has 20 heavy (non-hydrogen) atoms. The summed E-state index contributed by atoms with van der Waals surface area (Å²) in [5, 5.41) is 13.3. The molecule has 0 fully saturated rings. The van der Waals surface area contributed by atoms with E-state index in [9.17, 15) is 10.1 Å². The van der Waals surface area contributed by atoms with Gasteiger partial charge in [0.1, 0.15) is 21.5 Å². The molecule has 1 aromatic heterocycles. The largest absolute Gasteiger partial charge is 0.396 e. The summed E-state index contributed by atoms with van der Waals surface area (Å²) in [4.78, 5) is 13.9. The molecule has 1 atom stereocenters. The van der Waals surface area contributed by atoms with Crippen LogP contribution in [0.15, 0.2) is 0 Å². The summed E-state index contributed by atoms with van der Waals surface area (Å²) in [6.07, 6.45) is 0.942. The Labute approximate surface area is 124 Å². The maximum absolute atomic E-state index is 12.1. The third kappa shape index (κ3) is 3.23. The van der Waals surface area contributed by atoms with Crippen molar-refractivity contribution in [3.63, 3.8) is 0 Å². The summed E-state index contributed by atoms with van der Waals surface area (Å²) in [5.41, 5.74) is 6.60. The number of anilines is 2. The molecule has 5 nitrogen and oxygen atoms in total. The lowest BCUT2D eigenvalue weighted by molar-refractivity contribution is 0.0833. The Kier molecular flexibility index (Phi) is 5.40. The number of hydrogen-bond acceptors (Lipinski definition) is 5. The first-order valence-electron chi connectivity index (χ1n) is 6.63. The fourth-order valence-corrected chi connectivity index (χ4v) is 3.08. The number of rotatable bonds is 5. The van der Waals surface area contributed by atoms with Gasteiger partial charge in [-0.3, -0.25) is 4.79 Å². The third-order valence-electron chi connectivity index (χ3n) is 3.22. The molecule has 1 aromatic rings. The van der Waals surface area contributed by atoms with E-state index in [0.29, 0.717) is 21.4 Å². The topological polar surface area (TPSA) is 82.2 Å². The van der Waals surface area contributed by atoms with Crippen molar-refractivity contribution < 1.29 is 4.79 Å². The number of carbonyl (C=O) groups excluding carboxylic acids is 1. The van der Waals surface area contributed by atoms with Crippen LogP contribution in [-0.2, 0) is 0 Å². The fraction of sp³-hybridized carbons (Fsp3) is 0.571. The van der Waals surface area contributed by atoms with Crippen LogP contribution in [0.4, 0.5) is 10.7 Å². The van der Waals surface area contributed by atoms with E-state index in [1.165, 1.54) is 16.2 Å². The number of thiophene rings is 1. The first-order chi connectivity index (χ1) is 9.33. The van der Waals surface area contributed by atoms with Gasteiger partial charge in [-0.15, -0.1) is 11.3 Å². The molecule has 0 spiro atoms. The average molecular weight is 294 g/mol. The van der Waals surface area contributed by atoms with Gasteiger partial charge in [-0.2, -0.15) is 5.26 Å². The van der Waals surface area contributed by atoms with E-state index < -0.39 is 0 Å². The number of hydrogen-bond donors (Lipinski definition) is 2. The number of nitrogen functional groups attached to an aromatic ring is 1. The molecule has 1 heterocycles. The van der Waals surface area contributed by atoms with Crippen molar-refractivity contribution >= 4 is 27.9 Å². The van der Waals surface area contributed by atoms with Gasteiger partial charge in [-0.25, -0.2) is 0 Å². The lowest BCUT2D eigenvalue weighted by atomic mass is 10.0. The van der Waals surface area contributed by atoms with Crippen LogP contribution in [-0.4, -0.2) is 30.9 Å². The first kappa shape index (κ1) is 16.3. The molecule has 0 radical (unpaired) electrons. The van der Waals surface area contributed by atoms with Crippen LogP contribution in [0.3, 0.4) is 0 Å². The Hall–Kier alpha value is -1.74. The minimum atomic E-state index is -0.172.